The fourth-order valence-electron chi connectivity index (χ4n) is 2.93. The molecule has 168 valence electrons. The minimum absolute atomic E-state index is 0.103. The van der Waals surface area contributed by atoms with Gasteiger partial charge in [-0.15, -0.1) is 0 Å². The number of nitrogens with zero attached hydrogens (tertiary/aromatic N) is 1. The molecule has 0 saturated heterocycles. The summed E-state index contributed by atoms with van der Waals surface area (Å²) in [6, 6.07) is 19.0. The molecule has 0 bridgehead atoms. The Balaban J connectivity index is 1.86. The minimum Gasteiger partial charge on any atom is -0.497 e. The summed E-state index contributed by atoms with van der Waals surface area (Å²) in [5, 5.41) is 13.3. The van der Waals surface area contributed by atoms with Crippen LogP contribution in [0.1, 0.15) is 11.1 Å². The van der Waals surface area contributed by atoms with E-state index >= 15 is 0 Å². The van der Waals surface area contributed by atoms with Crippen molar-refractivity contribution in [1.82, 2.24) is 0 Å². The van der Waals surface area contributed by atoms with Crippen LogP contribution in [0.2, 0.25) is 10.0 Å². The van der Waals surface area contributed by atoms with E-state index in [9.17, 15) is 10.1 Å². The first-order chi connectivity index (χ1) is 15.9. The van der Waals surface area contributed by atoms with E-state index < -0.39 is 5.91 Å². The largest absolute Gasteiger partial charge is 0.497 e. The zero-order chi connectivity index (χ0) is 23.8. The van der Waals surface area contributed by atoms with Gasteiger partial charge in [0.1, 0.15) is 24.0 Å². The predicted octanol–water partition coefficient (Wildman–Crippen LogP) is 6.14. The maximum Gasteiger partial charge on any atom is 0.266 e. The average molecular weight is 483 g/mol. The van der Waals surface area contributed by atoms with Crippen LogP contribution in [0.5, 0.6) is 17.2 Å². The Morgan fingerprint density at radius 2 is 1.82 bits per heavy atom. The highest BCUT2D eigenvalue weighted by Crippen LogP contribution is 2.34. The van der Waals surface area contributed by atoms with Crippen molar-refractivity contribution < 1.29 is 19.0 Å². The second-order valence-corrected chi connectivity index (χ2v) is 7.60. The molecule has 33 heavy (non-hydrogen) atoms. The number of nitrogens with one attached hydrogen (secondary N) is 1. The highest BCUT2D eigenvalue weighted by atomic mass is 35.5. The number of hydrogen-bond acceptors (Lipinski definition) is 5. The van der Waals surface area contributed by atoms with Gasteiger partial charge in [0, 0.05) is 26.9 Å². The molecule has 0 fully saturated rings. The normalized spacial score (nSPS) is 10.8. The summed E-state index contributed by atoms with van der Waals surface area (Å²) in [5.74, 6) is 0.915. The third-order valence-electron chi connectivity index (χ3n) is 4.63. The number of ether oxygens (including phenoxy) is 3. The van der Waals surface area contributed by atoms with Crippen molar-refractivity contribution in [1.29, 1.82) is 5.26 Å². The number of carbonyl (C=O) groups is 1. The number of benzene rings is 3. The Morgan fingerprint density at radius 3 is 2.45 bits per heavy atom. The summed E-state index contributed by atoms with van der Waals surface area (Å²) >= 11 is 12.2. The number of halogens is 2. The lowest BCUT2D eigenvalue weighted by Gasteiger charge is -2.14. The second-order valence-electron chi connectivity index (χ2n) is 6.76. The molecule has 0 spiro atoms. The summed E-state index contributed by atoms with van der Waals surface area (Å²) in [6.45, 7) is 0.136. The van der Waals surface area contributed by atoms with E-state index in [4.69, 9.17) is 37.4 Å². The average Bonchev–Trinajstić information content (AvgIpc) is 2.82. The molecule has 0 atom stereocenters. The molecule has 0 heterocycles. The van der Waals surface area contributed by atoms with Crippen LogP contribution in [-0.4, -0.2) is 20.1 Å². The van der Waals surface area contributed by atoms with Gasteiger partial charge in [0.15, 0.2) is 11.5 Å². The van der Waals surface area contributed by atoms with Crippen molar-refractivity contribution in [2.45, 2.75) is 6.61 Å². The molecule has 1 N–H and O–H groups in total. The molecule has 3 aromatic rings. The lowest BCUT2D eigenvalue weighted by molar-refractivity contribution is -0.112. The maximum atomic E-state index is 12.7. The highest BCUT2D eigenvalue weighted by molar-refractivity contribution is 6.35. The molecule has 3 rings (SSSR count). The van der Waals surface area contributed by atoms with Gasteiger partial charge in [0.2, 0.25) is 0 Å². The van der Waals surface area contributed by atoms with Gasteiger partial charge in [-0.2, -0.15) is 5.26 Å². The number of hydrogen-bond donors (Lipinski definition) is 1. The van der Waals surface area contributed by atoms with Crippen LogP contribution in [-0.2, 0) is 11.4 Å². The van der Waals surface area contributed by atoms with Crippen molar-refractivity contribution in [3.63, 3.8) is 0 Å². The number of para-hydroxylation sites is 1. The Hall–Kier alpha value is -3.66. The van der Waals surface area contributed by atoms with Gasteiger partial charge in [0.05, 0.1) is 14.2 Å². The molecular weight excluding hydrogens is 463 g/mol. The number of amides is 1. The molecule has 0 saturated carbocycles. The van der Waals surface area contributed by atoms with Crippen LogP contribution in [0.25, 0.3) is 6.08 Å². The van der Waals surface area contributed by atoms with Crippen LogP contribution in [0.4, 0.5) is 5.69 Å². The van der Waals surface area contributed by atoms with E-state index in [1.165, 1.54) is 13.2 Å². The molecule has 1 amide bonds. The summed E-state index contributed by atoms with van der Waals surface area (Å²) in [5.41, 5.74) is 1.65. The number of methoxy groups -OCH3 is 2. The molecule has 0 aliphatic rings. The highest BCUT2D eigenvalue weighted by Gasteiger charge is 2.15. The maximum absolute atomic E-state index is 12.7. The third-order valence-corrected chi connectivity index (χ3v) is 5.22. The molecule has 3 aromatic carbocycles. The monoisotopic (exact) mass is 482 g/mol. The molecular formula is C25H20Cl2N2O4. The Bertz CT molecular complexity index is 1220. The van der Waals surface area contributed by atoms with Gasteiger partial charge in [-0.25, -0.2) is 0 Å². The predicted molar refractivity (Wildman–Crippen MR) is 129 cm³/mol. The lowest BCUT2D eigenvalue weighted by atomic mass is 10.1. The van der Waals surface area contributed by atoms with Crippen LogP contribution < -0.4 is 19.5 Å². The topological polar surface area (TPSA) is 80.6 Å². The summed E-state index contributed by atoms with van der Waals surface area (Å²) in [4.78, 5) is 12.7. The van der Waals surface area contributed by atoms with E-state index in [2.05, 4.69) is 5.32 Å². The van der Waals surface area contributed by atoms with E-state index in [1.54, 1.807) is 67.8 Å². The fourth-order valence-corrected chi connectivity index (χ4v) is 3.39. The van der Waals surface area contributed by atoms with Gasteiger partial charge >= 0.3 is 0 Å². The summed E-state index contributed by atoms with van der Waals surface area (Å²) in [6.07, 6.45) is 1.44. The van der Waals surface area contributed by atoms with Crippen LogP contribution >= 0.6 is 23.2 Å². The summed E-state index contributed by atoms with van der Waals surface area (Å²) < 4.78 is 16.5. The second kappa shape index (κ2) is 11.3. The van der Waals surface area contributed by atoms with Crippen molar-refractivity contribution in [2.24, 2.45) is 0 Å². The number of rotatable bonds is 8. The zero-order valence-corrected chi connectivity index (χ0v) is 19.4. The molecule has 0 aliphatic heterocycles. The first kappa shape index (κ1) is 24.0. The lowest BCUT2D eigenvalue weighted by Crippen LogP contribution is -2.13. The quantitative estimate of drug-likeness (QED) is 0.308. The van der Waals surface area contributed by atoms with Crippen molar-refractivity contribution in [2.75, 3.05) is 19.5 Å². The van der Waals surface area contributed by atoms with E-state index in [0.717, 1.165) is 5.56 Å². The third kappa shape index (κ3) is 6.19. The number of nitriles is 1. The van der Waals surface area contributed by atoms with Crippen molar-refractivity contribution >= 4 is 40.9 Å². The van der Waals surface area contributed by atoms with Gasteiger partial charge in [0.25, 0.3) is 5.91 Å². The first-order valence-electron chi connectivity index (χ1n) is 9.76. The van der Waals surface area contributed by atoms with E-state index in [1.807, 2.05) is 6.07 Å². The molecule has 0 aliphatic carbocycles. The van der Waals surface area contributed by atoms with Gasteiger partial charge in [-0.05, 0) is 48.5 Å². The van der Waals surface area contributed by atoms with Crippen LogP contribution in [0, 0.1) is 11.3 Å². The van der Waals surface area contributed by atoms with Crippen molar-refractivity contribution in [3.8, 4) is 23.3 Å². The standard InChI is InChI=1S/C25H20Cl2N2O4/c1-31-21-10-8-20(9-11-21)29-25(30)18(14-28)12-16-4-3-5-23(32-2)24(16)33-15-17-6-7-19(26)13-22(17)27/h3-13H,15H2,1-2H3,(H,29,30)/b18-12+. The van der Waals surface area contributed by atoms with Gasteiger partial charge < -0.3 is 19.5 Å². The Morgan fingerprint density at radius 1 is 1.06 bits per heavy atom. The van der Waals surface area contributed by atoms with Crippen LogP contribution in [0.3, 0.4) is 0 Å². The summed E-state index contributed by atoms with van der Waals surface area (Å²) in [7, 11) is 3.06. The van der Waals surface area contributed by atoms with Gasteiger partial charge in [-0.1, -0.05) is 41.4 Å². The first-order valence-corrected chi connectivity index (χ1v) is 10.5. The van der Waals surface area contributed by atoms with E-state index in [0.29, 0.717) is 38.5 Å². The Kier molecular flexibility index (Phi) is 8.20. The zero-order valence-electron chi connectivity index (χ0n) is 17.9. The molecule has 0 aromatic heterocycles. The number of anilines is 1. The molecule has 0 radical (unpaired) electrons. The smallest absolute Gasteiger partial charge is 0.266 e. The van der Waals surface area contributed by atoms with Crippen molar-refractivity contribution in [3.05, 3.63) is 87.4 Å². The SMILES string of the molecule is COc1ccc(NC(=O)/C(C#N)=C/c2cccc(OC)c2OCc2ccc(Cl)cc2Cl)cc1. The minimum atomic E-state index is -0.558. The van der Waals surface area contributed by atoms with Crippen LogP contribution in [0.15, 0.2) is 66.2 Å². The molecule has 6 nitrogen and oxygen atoms in total. The van der Waals surface area contributed by atoms with E-state index in [-0.39, 0.29) is 12.2 Å². The molecule has 8 heteroatoms. The van der Waals surface area contributed by atoms with Gasteiger partial charge in [-0.3, -0.25) is 4.79 Å². The fraction of sp³-hybridized carbons (Fsp3) is 0.120. The Labute approximate surface area is 201 Å². The molecule has 0 unspecified atom stereocenters. The number of carbonyl (C=O) groups excluding carboxylic acids is 1.